The number of carbonyl (C=O) groups excluding carboxylic acids is 1. The van der Waals surface area contributed by atoms with Gasteiger partial charge >= 0.3 is 0 Å². The van der Waals surface area contributed by atoms with E-state index < -0.39 is 0 Å². The molecule has 34 heavy (non-hydrogen) atoms. The van der Waals surface area contributed by atoms with Crippen LogP contribution in [-0.2, 0) is 9.63 Å². The van der Waals surface area contributed by atoms with Crippen LogP contribution in [-0.4, -0.2) is 24.9 Å². The van der Waals surface area contributed by atoms with Crippen molar-refractivity contribution in [1.82, 2.24) is 10.8 Å². The number of hydroxylamine groups is 1. The average Bonchev–Trinajstić information content (AvgIpc) is 2.88. The zero-order valence-electron chi connectivity index (χ0n) is 19.3. The fourth-order valence-electron chi connectivity index (χ4n) is 4.33. The highest BCUT2D eigenvalue weighted by molar-refractivity contribution is 6.07. The molecule has 6 nitrogen and oxygen atoms in total. The molecule has 0 spiro atoms. The Kier molecular flexibility index (Phi) is 7.33. The Morgan fingerprint density at radius 2 is 1.94 bits per heavy atom. The first-order valence-electron chi connectivity index (χ1n) is 11.4. The van der Waals surface area contributed by atoms with Crippen molar-refractivity contribution < 1.29 is 9.63 Å². The van der Waals surface area contributed by atoms with Crippen LogP contribution in [0, 0.1) is 6.58 Å². The number of benzene rings is 2. The second-order valence-corrected chi connectivity index (χ2v) is 8.00. The third-order valence-electron chi connectivity index (χ3n) is 5.80. The van der Waals surface area contributed by atoms with E-state index in [4.69, 9.17) is 16.4 Å². The molecule has 0 aliphatic carbocycles. The molecule has 2 N–H and O–H groups in total. The lowest BCUT2D eigenvalue weighted by Gasteiger charge is -2.40. The number of carbonyl (C=O) groups is 1. The predicted molar refractivity (Wildman–Crippen MR) is 136 cm³/mol. The summed E-state index contributed by atoms with van der Waals surface area (Å²) in [5.41, 5.74) is 7.18. The lowest BCUT2D eigenvalue weighted by molar-refractivity contribution is -0.115. The van der Waals surface area contributed by atoms with Gasteiger partial charge < -0.3 is 10.2 Å². The summed E-state index contributed by atoms with van der Waals surface area (Å²) < 4.78 is 0. The molecule has 2 heterocycles. The number of amidine groups is 1. The standard InChI is InChI=1S/C28H28N4O2/c1-4-13-23(33)25-22(6-3)30-28-26(24(25)20-14-9-7-10-15-20)27(31-34-18-5-2)29-19-32(28)21-16-11-8-12-17-21/h2,5-12,14-17,24H,3-4,13,18-19H2,1H3,(H-,29,30,31,33)/p+1. The van der Waals surface area contributed by atoms with Gasteiger partial charge in [-0.05, 0) is 30.2 Å². The Labute approximate surface area is 201 Å². The highest BCUT2D eigenvalue weighted by Gasteiger charge is 2.40. The summed E-state index contributed by atoms with van der Waals surface area (Å²) in [6.07, 6.45) is 4.35. The minimum Gasteiger partial charge on any atom is -0.341 e. The maximum Gasteiger partial charge on any atom is 0.204 e. The van der Waals surface area contributed by atoms with Gasteiger partial charge in [0.2, 0.25) is 6.58 Å². The second-order valence-electron chi connectivity index (χ2n) is 8.00. The number of Topliss-reactive ketones (excluding diaryl/α,β-unsaturated/α-hetero) is 1. The SMILES string of the molecule is [CH+]=CCONC1=NCN(c2ccccc2)C2=C1C(c1ccccc1)C(C(=O)CCC)=C(C=C)N2. The summed E-state index contributed by atoms with van der Waals surface area (Å²) in [5, 5.41) is 3.50. The number of hydrogen-bond donors (Lipinski definition) is 2. The van der Waals surface area contributed by atoms with E-state index in [1.54, 1.807) is 6.08 Å². The van der Waals surface area contributed by atoms with E-state index in [-0.39, 0.29) is 18.3 Å². The first kappa shape index (κ1) is 23.2. The van der Waals surface area contributed by atoms with E-state index in [9.17, 15) is 4.79 Å². The van der Waals surface area contributed by atoms with Crippen molar-refractivity contribution >= 4 is 17.3 Å². The Morgan fingerprint density at radius 3 is 2.59 bits per heavy atom. The summed E-state index contributed by atoms with van der Waals surface area (Å²) in [4.78, 5) is 25.9. The van der Waals surface area contributed by atoms with Crippen LogP contribution >= 0.6 is 0 Å². The van der Waals surface area contributed by atoms with Crippen molar-refractivity contribution in [2.24, 2.45) is 4.99 Å². The molecule has 0 saturated carbocycles. The maximum absolute atomic E-state index is 13.4. The van der Waals surface area contributed by atoms with Crippen molar-refractivity contribution in [1.29, 1.82) is 0 Å². The third-order valence-corrected chi connectivity index (χ3v) is 5.80. The molecule has 6 heteroatoms. The van der Waals surface area contributed by atoms with Crippen molar-refractivity contribution in [3.63, 3.8) is 0 Å². The van der Waals surface area contributed by atoms with Gasteiger partial charge in [0.05, 0.1) is 0 Å². The number of hydrogen-bond acceptors (Lipinski definition) is 6. The van der Waals surface area contributed by atoms with Crippen LogP contribution in [0.4, 0.5) is 5.69 Å². The van der Waals surface area contributed by atoms with Crippen LogP contribution in [0.3, 0.4) is 0 Å². The summed E-state index contributed by atoms with van der Waals surface area (Å²) in [6, 6.07) is 20.0. The van der Waals surface area contributed by atoms with Crippen LogP contribution in [0.1, 0.15) is 31.2 Å². The zero-order valence-corrected chi connectivity index (χ0v) is 19.3. The zero-order chi connectivity index (χ0) is 23.9. The number of para-hydroxylation sites is 1. The number of nitrogens with one attached hydrogen (secondary N) is 2. The van der Waals surface area contributed by atoms with Gasteiger partial charge in [-0.25, -0.2) is 10.5 Å². The van der Waals surface area contributed by atoms with E-state index in [1.807, 2.05) is 67.6 Å². The number of nitrogens with zero attached hydrogens (tertiary/aromatic N) is 2. The number of anilines is 1. The van der Waals surface area contributed by atoms with Crippen molar-refractivity contribution in [3.8, 4) is 0 Å². The van der Waals surface area contributed by atoms with Gasteiger partial charge in [0.25, 0.3) is 0 Å². The molecule has 1 atom stereocenters. The molecule has 0 saturated heterocycles. The molecule has 2 aromatic rings. The predicted octanol–water partition coefficient (Wildman–Crippen LogP) is 4.78. The molecule has 4 rings (SSSR count). The molecule has 0 bridgehead atoms. The fourth-order valence-corrected chi connectivity index (χ4v) is 4.33. The van der Waals surface area contributed by atoms with Crippen LogP contribution in [0.2, 0.25) is 0 Å². The van der Waals surface area contributed by atoms with Gasteiger partial charge in [0.1, 0.15) is 19.1 Å². The lowest BCUT2D eigenvalue weighted by Crippen LogP contribution is -2.46. The first-order chi connectivity index (χ1) is 16.7. The number of ketones is 1. The Hall–Kier alpha value is -3.99. The highest BCUT2D eigenvalue weighted by Crippen LogP contribution is 2.42. The van der Waals surface area contributed by atoms with Gasteiger partial charge in [-0.15, -0.1) is 0 Å². The smallest absolute Gasteiger partial charge is 0.204 e. The lowest BCUT2D eigenvalue weighted by atomic mass is 9.77. The minimum atomic E-state index is -0.354. The molecule has 0 amide bonds. The number of dihydropyridines is 1. The number of aliphatic imine (C=N–C) groups is 1. The average molecular weight is 454 g/mol. The quantitative estimate of drug-likeness (QED) is 0.325. The van der Waals surface area contributed by atoms with Crippen LogP contribution in [0.5, 0.6) is 0 Å². The van der Waals surface area contributed by atoms with Crippen LogP contribution in [0.25, 0.3) is 0 Å². The molecule has 0 fully saturated rings. The van der Waals surface area contributed by atoms with E-state index in [0.29, 0.717) is 30.2 Å². The molecule has 2 aromatic carbocycles. The van der Waals surface area contributed by atoms with Gasteiger partial charge in [-0.1, -0.05) is 62.0 Å². The Bertz CT molecular complexity index is 1150. The first-order valence-corrected chi connectivity index (χ1v) is 11.4. The summed E-state index contributed by atoms with van der Waals surface area (Å²) in [5.74, 6) is 1.13. The minimum absolute atomic E-state index is 0.0812. The molecule has 172 valence electrons. The topological polar surface area (TPSA) is 66.0 Å². The molecule has 1 unspecified atom stereocenters. The largest absolute Gasteiger partial charge is 0.341 e. The van der Waals surface area contributed by atoms with E-state index in [2.05, 4.69) is 22.3 Å². The molecular formula is C28H29N4O2+. The Balaban J connectivity index is 1.92. The highest BCUT2D eigenvalue weighted by atomic mass is 16.6. The molecular weight excluding hydrogens is 424 g/mol. The van der Waals surface area contributed by atoms with E-state index in [1.165, 1.54) is 6.08 Å². The molecule has 0 aromatic heterocycles. The van der Waals surface area contributed by atoms with Crippen molar-refractivity contribution in [2.75, 3.05) is 18.2 Å². The van der Waals surface area contributed by atoms with E-state index >= 15 is 0 Å². The fraction of sp³-hybridized carbons (Fsp3) is 0.214. The van der Waals surface area contributed by atoms with Gasteiger partial charge in [0.15, 0.2) is 17.7 Å². The monoisotopic (exact) mass is 453 g/mol. The summed E-state index contributed by atoms with van der Waals surface area (Å²) in [6.45, 7) is 12.1. The van der Waals surface area contributed by atoms with Gasteiger partial charge in [-0.2, -0.15) is 0 Å². The summed E-state index contributed by atoms with van der Waals surface area (Å²) >= 11 is 0. The number of rotatable bonds is 9. The van der Waals surface area contributed by atoms with Crippen molar-refractivity contribution in [3.05, 3.63) is 114 Å². The van der Waals surface area contributed by atoms with Crippen molar-refractivity contribution in [2.45, 2.75) is 25.7 Å². The van der Waals surface area contributed by atoms with Gasteiger partial charge in [-0.3, -0.25) is 9.63 Å². The summed E-state index contributed by atoms with van der Waals surface area (Å²) in [7, 11) is 0. The van der Waals surface area contributed by atoms with E-state index in [0.717, 1.165) is 29.1 Å². The molecule has 2 aliphatic heterocycles. The second kappa shape index (κ2) is 10.8. The number of allylic oxidation sites excluding steroid dienone is 2. The van der Waals surface area contributed by atoms with Crippen LogP contribution < -0.4 is 15.7 Å². The molecule has 0 radical (unpaired) electrons. The van der Waals surface area contributed by atoms with Crippen LogP contribution in [0.15, 0.2) is 107 Å². The maximum atomic E-state index is 13.4. The third kappa shape index (κ3) is 4.55. The Morgan fingerprint density at radius 1 is 1.24 bits per heavy atom. The molecule has 2 aliphatic rings. The normalized spacial score (nSPS) is 17.5. The van der Waals surface area contributed by atoms with Gasteiger partial charge in [0, 0.05) is 34.9 Å².